The monoisotopic (exact) mass is 614 g/mol. The number of aliphatic hydroxyl groups is 1. The van der Waals surface area contributed by atoms with E-state index in [2.05, 4.69) is 68.5 Å². The number of hydrogen-bond donors (Lipinski definition) is 1. The second kappa shape index (κ2) is 35.1. The molecule has 0 rings (SSSR count). The van der Waals surface area contributed by atoms with Crippen molar-refractivity contribution in [1.29, 1.82) is 0 Å². The minimum atomic E-state index is -0.820. The third-order valence-electron chi connectivity index (χ3n) is 7.30. The third kappa shape index (κ3) is 32.5. The SMILES string of the molecule is CCCCCCCC/C=C/C/C=C/C/C=C/CCCC(=O)OC(CO)COC(=O)CC/C=C/C/C=C/CCCCCCCC. The van der Waals surface area contributed by atoms with Crippen LogP contribution in [0.1, 0.15) is 155 Å². The van der Waals surface area contributed by atoms with E-state index in [4.69, 9.17) is 9.47 Å². The molecule has 0 saturated carbocycles. The van der Waals surface area contributed by atoms with Crippen LogP contribution in [0.25, 0.3) is 0 Å². The molecule has 0 fully saturated rings. The Bertz CT molecular complexity index is 792. The van der Waals surface area contributed by atoms with Crippen LogP contribution in [0.3, 0.4) is 0 Å². The maximum Gasteiger partial charge on any atom is 0.306 e. The first-order valence-corrected chi connectivity index (χ1v) is 17.8. The summed E-state index contributed by atoms with van der Waals surface area (Å²) in [7, 11) is 0. The zero-order valence-electron chi connectivity index (χ0n) is 28.4. The molecule has 1 atom stereocenters. The molecule has 0 bridgehead atoms. The van der Waals surface area contributed by atoms with Gasteiger partial charge >= 0.3 is 11.9 Å². The Hall–Kier alpha value is -2.40. The van der Waals surface area contributed by atoms with E-state index >= 15 is 0 Å². The van der Waals surface area contributed by atoms with Gasteiger partial charge in [-0.2, -0.15) is 0 Å². The van der Waals surface area contributed by atoms with E-state index in [1.807, 2.05) is 6.08 Å². The maximum atomic E-state index is 12.1. The van der Waals surface area contributed by atoms with Gasteiger partial charge in [-0.3, -0.25) is 9.59 Å². The van der Waals surface area contributed by atoms with Gasteiger partial charge in [0.05, 0.1) is 6.61 Å². The van der Waals surface area contributed by atoms with Crippen molar-refractivity contribution in [2.24, 2.45) is 0 Å². The van der Waals surface area contributed by atoms with Gasteiger partial charge in [-0.05, 0) is 64.2 Å². The number of ether oxygens (including phenoxy) is 2. The molecule has 1 N–H and O–H groups in total. The average molecular weight is 615 g/mol. The van der Waals surface area contributed by atoms with Gasteiger partial charge in [-0.25, -0.2) is 0 Å². The Kier molecular flexibility index (Phi) is 33.2. The molecular formula is C39H66O5. The number of allylic oxidation sites excluding steroid dienone is 10. The van der Waals surface area contributed by atoms with Crippen LogP contribution < -0.4 is 0 Å². The van der Waals surface area contributed by atoms with Crippen molar-refractivity contribution in [1.82, 2.24) is 0 Å². The summed E-state index contributed by atoms with van der Waals surface area (Å²) in [6.07, 6.45) is 44.3. The molecule has 0 aromatic carbocycles. The van der Waals surface area contributed by atoms with Crippen LogP contribution >= 0.6 is 0 Å². The van der Waals surface area contributed by atoms with Gasteiger partial charge in [-0.15, -0.1) is 0 Å². The first kappa shape index (κ1) is 41.6. The normalized spacial score (nSPS) is 12.9. The van der Waals surface area contributed by atoms with Crippen LogP contribution in [-0.2, 0) is 19.1 Å². The molecule has 0 amide bonds. The molecule has 1 unspecified atom stereocenters. The van der Waals surface area contributed by atoms with Crippen molar-refractivity contribution in [3.05, 3.63) is 60.8 Å². The summed E-state index contributed by atoms with van der Waals surface area (Å²) in [5.41, 5.74) is 0. The molecule has 5 nitrogen and oxygen atoms in total. The molecule has 0 heterocycles. The molecule has 44 heavy (non-hydrogen) atoms. The minimum absolute atomic E-state index is 0.119. The first-order chi connectivity index (χ1) is 21.6. The largest absolute Gasteiger partial charge is 0.462 e. The lowest BCUT2D eigenvalue weighted by atomic mass is 10.1. The number of carbonyl (C=O) groups is 2. The number of esters is 2. The van der Waals surface area contributed by atoms with Gasteiger partial charge in [0.25, 0.3) is 0 Å². The molecule has 0 radical (unpaired) electrons. The predicted molar refractivity (Wildman–Crippen MR) is 187 cm³/mol. The number of aliphatic hydroxyl groups excluding tert-OH is 1. The van der Waals surface area contributed by atoms with Crippen LogP contribution in [0.2, 0.25) is 0 Å². The molecule has 0 spiro atoms. The van der Waals surface area contributed by atoms with Gasteiger partial charge in [0.1, 0.15) is 6.61 Å². The lowest BCUT2D eigenvalue weighted by molar-refractivity contribution is -0.161. The minimum Gasteiger partial charge on any atom is -0.462 e. The Balaban J connectivity index is 3.76. The molecule has 5 heteroatoms. The molecule has 0 aromatic heterocycles. The van der Waals surface area contributed by atoms with E-state index in [0.717, 1.165) is 32.1 Å². The zero-order chi connectivity index (χ0) is 32.2. The van der Waals surface area contributed by atoms with Crippen molar-refractivity contribution in [2.75, 3.05) is 13.2 Å². The van der Waals surface area contributed by atoms with Crippen LogP contribution in [0.15, 0.2) is 60.8 Å². The van der Waals surface area contributed by atoms with Crippen molar-refractivity contribution >= 4 is 11.9 Å². The van der Waals surface area contributed by atoms with E-state index in [9.17, 15) is 14.7 Å². The highest BCUT2D eigenvalue weighted by atomic mass is 16.6. The first-order valence-electron chi connectivity index (χ1n) is 17.8. The second-order valence-electron chi connectivity index (χ2n) is 11.6. The fourth-order valence-electron chi connectivity index (χ4n) is 4.56. The number of rotatable bonds is 31. The van der Waals surface area contributed by atoms with E-state index in [1.165, 1.54) is 83.5 Å². The Morgan fingerprint density at radius 2 is 0.955 bits per heavy atom. The number of carbonyl (C=O) groups excluding carboxylic acids is 2. The van der Waals surface area contributed by atoms with Crippen molar-refractivity contribution < 1.29 is 24.2 Å². The third-order valence-corrected chi connectivity index (χ3v) is 7.30. The van der Waals surface area contributed by atoms with Crippen LogP contribution in [0.5, 0.6) is 0 Å². The van der Waals surface area contributed by atoms with Crippen LogP contribution in [0.4, 0.5) is 0 Å². The topological polar surface area (TPSA) is 72.8 Å². The molecule has 0 aliphatic heterocycles. The fraction of sp³-hybridized carbons (Fsp3) is 0.692. The van der Waals surface area contributed by atoms with Gasteiger partial charge in [0.2, 0.25) is 0 Å². The standard InChI is InChI=1S/C39H66O5/c1-3-5-7-9-11-13-15-17-18-19-20-22-24-26-28-30-32-34-39(42)44-37(35-40)36-43-38(41)33-31-29-27-25-23-21-16-14-12-10-8-6-4-2/h17-18,20-23,26-29,37,40H,3-16,19,24-25,30-36H2,1-2H3/b18-17+,22-20+,23-21+,28-26+,29-27+. The Labute approximate surface area is 271 Å². The molecule has 0 aliphatic carbocycles. The Morgan fingerprint density at radius 1 is 0.523 bits per heavy atom. The van der Waals surface area contributed by atoms with E-state index < -0.39 is 6.10 Å². The maximum absolute atomic E-state index is 12.1. The van der Waals surface area contributed by atoms with E-state index in [0.29, 0.717) is 12.8 Å². The second-order valence-corrected chi connectivity index (χ2v) is 11.6. The lowest BCUT2D eigenvalue weighted by Crippen LogP contribution is -2.28. The summed E-state index contributed by atoms with van der Waals surface area (Å²) < 4.78 is 10.5. The molecule has 0 saturated heterocycles. The fourth-order valence-corrected chi connectivity index (χ4v) is 4.56. The summed E-state index contributed by atoms with van der Waals surface area (Å²) in [5, 5.41) is 9.50. The van der Waals surface area contributed by atoms with Gasteiger partial charge in [0.15, 0.2) is 6.10 Å². The highest BCUT2D eigenvalue weighted by Crippen LogP contribution is 2.09. The van der Waals surface area contributed by atoms with Crippen LogP contribution in [-0.4, -0.2) is 36.4 Å². The molecule has 0 aliphatic rings. The number of hydrogen-bond acceptors (Lipinski definition) is 5. The molecule has 0 aromatic rings. The Morgan fingerprint density at radius 3 is 1.45 bits per heavy atom. The van der Waals surface area contributed by atoms with Crippen molar-refractivity contribution in [2.45, 2.75) is 161 Å². The summed E-state index contributed by atoms with van der Waals surface area (Å²) in [6.45, 7) is 4.00. The smallest absolute Gasteiger partial charge is 0.306 e. The molecule has 252 valence electrons. The number of unbranched alkanes of at least 4 members (excludes halogenated alkanes) is 13. The van der Waals surface area contributed by atoms with Gasteiger partial charge in [0, 0.05) is 12.8 Å². The summed E-state index contributed by atoms with van der Waals surface area (Å²) >= 11 is 0. The van der Waals surface area contributed by atoms with Crippen molar-refractivity contribution in [3.8, 4) is 0 Å². The highest BCUT2D eigenvalue weighted by molar-refractivity contribution is 5.70. The summed E-state index contributed by atoms with van der Waals surface area (Å²) in [5.74, 6) is -0.736. The van der Waals surface area contributed by atoms with Gasteiger partial charge < -0.3 is 14.6 Å². The lowest BCUT2D eigenvalue weighted by Gasteiger charge is -2.15. The highest BCUT2D eigenvalue weighted by Gasteiger charge is 2.15. The molecular weight excluding hydrogens is 548 g/mol. The van der Waals surface area contributed by atoms with Crippen LogP contribution in [0, 0.1) is 0 Å². The predicted octanol–water partition coefficient (Wildman–Crippen LogP) is 10.8. The van der Waals surface area contributed by atoms with Crippen molar-refractivity contribution in [3.63, 3.8) is 0 Å². The summed E-state index contributed by atoms with van der Waals surface area (Å²) in [6, 6.07) is 0. The summed E-state index contributed by atoms with van der Waals surface area (Å²) in [4.78, 5) is 24.1. The van der Waals surface area contributed by atoms with Gasteiger partial charge in [-0.1, -0.05) is 139 Å². The quantitative estimate of drug-likeness (QED) is 0.0478. The zero-order valence-corrected chi connectivity index (χ0v) is 28.4. The van der Waals surface area contributed by atoms with E-state index in [1.54, 1.807) is 0 Å². The van der Waals surface area contributed by atoms with E-state index in [-0.39, 0.29) is 38.0 Å². The average Bonchev–Trinajstić information content (AvgIpc) is 3.02.